The Kier molecular flexibility index (Phi) is 5.43. The molecule has 0 radical (unpaired) electrons. The van der Waals surface area contributed by atoms with E-state index >= 15 is 0 Å². The van der Waals surface area contributed by atoms with Crippen LogP contribution in [-0.4, -0.2) is 36.2 Å². The van der Waals surface area contributed by atoms with Crippen LogP contribution >= 0.6 is 0 Å². The van der Waals surface area contributed by atoms with Crippen LogP contribution in [0.1, 0.15) is 17.5 Å². The second-order valence-electron chi connectivity index (χ2n) is 6.25. The first-order chi connectivity index (χ1) is 12.1. The lowest BCUT2D eigenvalue weighted by molar-refractivity contribution is -0.140. The first-order valence-electron chi connectivity index (χ1n) is 8.37. The highest BCUT2D eigenvalue weighted by Crippen LogP contribution is 2.17. The molecule has 3 rings (SSSR count). The Bertz CT molecular complexity index is 744. The van der Waals surface area contributed by atoms with Crippen LogP contribution in [0.2, 0.25) is 0 Å². The summed E-state index contributed by atoms with van der Waals surface area (Å²) in [5.41, 5.74) is 2.96. The van der Waals surface area contributed by atoms with Crippen LogP contribution in [-0.2, 0) is 22.5 Å². The van der Waals surface area contributed by atoms with Gasteiger partial charge in [0.2, 0.25) is 6.10 Å². The summed E-state index contributed by atoms with van der Waals surface area (Å²) in [5.74, 6) is -0.324. The molecule has 2 aromatic carbocycles. The molecule has 25 heavy (non-hydrogen) atoms. The third-order valence-corrected chi connectivity index (χ3v) is 4.28. The average molecular weight is 340 g/mol. The first-order valence-corrected chi connectivity index (χ1v) is 8.37. The summed E-state index contributed by atoms with van der Waals surface area (Å²) in [6.07, 6.45) is 1.29. The molecule has 0 bridgehead atoms. The molecule has 0 saturated carbocycles. The van der Waals surface area contributed by atoms with Gasteiger partial charge in [-0.1, -0.05) is 47.6 Å². The zero-order valence-corrected chi connectivity index (χ0v) is 14.2. The number of hydrogen-bond donors (Lipinski definition) is 0. The lowest BCUT2D eigenvalue weighted by Crippen LogP contribution is -2.37. The van der Waals surface area contributed by atoms with Gasteiger partial charge in [-0.15, -0.1) is 0 Å². The molecule has 0 saturated heterocycles. The summed E-state index contributed by atoms with van der Waals surface area (Å²) in [6, 6.07) is 16.3. The second kappa shape index (κ2) is 7.92. The molecule has 2 aromatic rings. The van der Waals surface area contributed by atoms with Crippen LogP contribution in [0.3, 0.4) is 0 Å². The molecular formula is C20H21FN2O2. The van der Waals surface area contributed by atoms with Crippen LogP contribution in [0.4, 0.5) is 4.39 Å². The fourth-order valence-corrected chi connectivity index (χ4v) is 2.80. The van der Waals surface area contributed by atoms with Crippen LogP contribution in [0.5, 0.6) is 0 Å². The van der Waals surface area contributed by atoms with E-state index in [-0.39, 0.29) is 11.7 Å². The van der Waals surface area contributed by atoms with Crippen molar-refractivity contribution in [1.29, 1.82) is 0 Å². The maximum absolute atomic E-state index is 12.9. The molecule has 0 spiro atoms. The normalized spacial score (nSPS) is 16.2. The summed E-state index contributed by atoms with van der Waals surface area (Å²) in [5, 5.41) is 4.03. The van der Waals surface area contributed by atoms with Gasteiger partial charge in [0.15, 0.2) is 0 Å². The number of carbonyl (C=O) groups excluding carboxylic acids is 1. The lowest BCUT2D eigenvalue weighted by Gasteiger charge is -2.19. The standard InChI is InChI=1S/C20H21FN2O2/c1-23(12-11-15-5-3-2-4-6-15)20(24)19-14-18(22-25-19)13-16-7-9-17(21)10-8-16/h2-10,19H,11-14H2,1H3. The molecule has 1 amide bonds. The van der Waals surface area contributed by atoms with Crippen molar-refractivity contribution >= 4 is 11.6 Å². The van der Waals surface area contributed by atoms with Gasteiger partial charge in [0.05, 0.1) is 5.71 Å². The van der Waals surface area contributed by atoms with E-state index in [9.17, 15) is 9.18 Å². The average Bonchev–Trinajstić information content (AvgIpc) is 3.10. The number of carbonyl (C=O) groups is 1. The van der Waals surface area contributed by atoms with E-state index in [1.165, 1.54) is 17.7 Å². The minimum absolute atomic E-state index is 0.0613. The summed E-state index contributed by atoms with van der Waals surface area (Å²) in [4.78, 5) is 19.5. The molecule has 1 atom stereocenters. The maximum Gasteiger partial charge on any atom is 0.266 e. The van der Waals surface area contributed by atoms with Gasteiger partial charge in [-0.05, 0) is 29.7 Å². The van der Waals surface area contributed by atoms with E-state index < -0.39 is 6.10 Å². The smallest absolute Gasteiger partial charge is 0.266 e. The maximum atomic E-state index is 12.9. The van der Waals surface area contributed by atoms with Crippen LogP contribution in [0.25, 0.3) is 0 Å². The SMILES string of the molecule is CN(CCc1ccccc1)C(=O)C1CC(Cc2ccc(F)cc2)=NO1. The molecule has 0 aromatic heterocycles. The van der Waals surface area contributed by atoms with E-state index in [4.69, 9.17) is 4.84 Å². The molecule has 1 unspecified atom stereocenters. The van der Waals surface area contributed by atoms with Crippen molar-refractivity contribution in [3.63, 3.8) is 0 Å². The Hall–Kier alpha value is -2.69. The van der Waals surface area contributed by atoms with Crippen molar-refractivity contribution in [2.75, 3.05) is 13.6 Å². The number of hydrogen-bond acceptors (Lipinski definition) is 3. The van der Waals surface area contributed by atoms with Gasteiger partial charge in [0, 0.05) is 26.4 Å². The molecular weight excluding hydrogens is 319 g/mol. The van der Waals surface area contributed by atoms with Crippen LogP contribution in [0.15, 0.2) is 59.8 Å². The topological polar surface area (TPSA) is 41.9 Å². The van der Waals surface area contributed by atoms with Crippen molar-refractivity contribution < 1.29 is 14.0 Å². The fraction of sp³-hybridized carbons (Fsp3) is 0.300. The Morgan fingerprint density at radius 2 is 1.88 bits per heavy atom. The van der Waals surface area contributed by atoms with Gasteiger partial charge in [0.25, 0.3) is 5.91 Å². The van der Waals surface area contributed by atoms with Crippen molar-refractivity contribution in [2.45, 2.75) is 25.4 Å². The van der Waals surface area contributed by atoms with Gasteiger partial charge < -0.3 is 9.74 Å². The molecule has 130 valence electrons. The van der Waals surface area contributed by atoms with Crippen LogP contribution in [0, 0.1) is 5.82 Å². The number of halogens is 1. The van der Waals surface area contributed by atoms with Crippen molar-refractivity contribution in [2.24, 2.45) is 5.16 Å². The minimum atomic E-state index is -0.559. The van der Waals surface area contributed by atoms with Crippen LogP contribution < -0.4 is 0 Å². The molecule has 1 aliphatic heterocycles. The predicted molar refractivity (Wildman–Crippen MR) is 94.8 cm³/mol. The number of oxime groups is 1. The van der Waals surface area contributed by atoms with Crippen molar-refractivity contribution in [3.8, 4) is 0 Å². The first kappa shape index (κ1) is 17.1. The Morgan fingerprint density at radius 1 is 1.16 bits per heavy atom. The third kappa shape index (κ3) is 4.66. The fourth-order valence-electron chi connectivity index (χ4n) is 2.80. The van der Waals surface area contributed by atoms with E-state index in [0.717, 1.165) is 17.7 Å². The molecule has 0 N–H and O–H groups in total. The van der Waals surface area contributed by atoms with Crippen molar-refractivity contribution in [1.82, 2.24) is 4.90 Å². The highest BCUT2D eigenvalue weighted by molar-refractivity contribution is 5.93. The number of benzene rings is 2. The summed E-state index contributed by atoms with van der Waals surface area (Å²) in [6.45, 7) is 0.635. The zero-order chi connectivity index (χ0) is 17.6. The van der Waals surface area contributed by atoms with Gasteiger partial charge in [-0.3, -0.25) is 4.79 Å². The van der Waals surface area contributed by atoms with Crippen molar-refractivity contribution in [3.05, 3.63) is 71.5 Å². The number of amides is 1. The molecule has 0 fully saturated rings. The van der Waals surface area contributed by atoms with Gasteiger partial charge >= 0.3 is 0 Å². The Labute approximate surface area is 146 Å². The Balaban J connectivity index is 1.48. The molecule has 4 nitrogen and oxygen atoms in total. The monoisotopic (exact) mass is 340 g/mol. The van der Waals surface area contributed by atoms with E-state index in [1.54, 1.807) is 24.1 Å². The summed E-state index contributed by atoms with van der Waals surface area (Å²) >= 11 is 0. The van der Waals surface area contributed by atoms with Gasteiger partial charge in [-0.25, -0.2) is 4.39 Å². The minimum Gasteiger partial charge on any atom is -0.382 e. The van der Waals surface area contributed by atoms with E-state index in [1.807, 2.05) is 30.3 Å². The number of likely N-dealkylation sites (N-methyl/N-ethyl adjacent to an activating group) is 1. The predicted octanol–water partition coefficient (Wildman–Crippen LogP) is 3.21. The summed E-state index contributed by atoms with van der Waals surface area (Å²) < 4.78 is 12.9. The highest BCUT2D eigenvalue weighted by Gasteiger charge is 2.30. The molecule has 0 aliphatic carbocycles. The van der Waals surface area contributed by atoms with E-state index in [2.05, 4.69) is 5.16 Å². The van der Waals surface area contributed by atoms with Gasteiger partial charge in [0.1, 0.15) is 5.82 Å². The second-order valence-corrected chi connectivity index (χ2v) is 6.25. The molecule has 1 heterocycles. The number of nitrogens with zero attached hydrogens (tertiary/aromatic N) is 2. The largest absolute Gasteiger partial charge is 0.382 e. The summed E-state index contributed by atoms with van der Waals surface area (Å²) in [7, 11) is 1.78. The van der Waals surface area contributed by atoms with E-state index in [0.29, 0.717) is 19.4 Å². The van der Waals surface area contributed by atoms with Gasteiger partial charge in [-0.2, -0.15) is 0 Å². The highest BCUT2D eigenvalue weighted by atomic mass is 19.1. The number of rotatable bonds is 6. The lowest BCUT2D eigenvalue weighted by atomic mass is 10.0. The molecule has 1 aliphatic rings. The quantitative estimate of drug-likeness (QED) is 0.810. The zero-order valence-electron chi connectivity index (χ0n) is 14.2. The Morgan fingerprint density at radius 3 is 2.60 bits per heavy atom. The molecule has 5 heteroatoms. The third-order valence-electron chi connectivity index (χ3n) is 4.28.